The van der Waals surface area contributed by atoms with Crippen molar-refractivity contribution in [3.63, 3.8) is 0 Å². The van der Waals surface area contributed by atoms with E-state index in [0.29, 0.717) is 0 Å². The summed E-state index contributed by atoms with van der Waals surface area (Å²) in [5, 5.41) is 7.38. The van der Waals surface area contributed by atoms with E-state index in [1.807, 2.05) is 38.1 Å². The van der Waals surface area contributed by atoms with Crippen molar-refractivity contribution in [2.75, 3.05) is 29.5 Å². The van der Waals surface area contributed by atoms with Crippen LogP contribution in [0.25, 0.3) is 27.8 Å². The van der Waals surface area contributed by atoms with Gasteiger partial charge in [0.2, 0.25) is 16.7 Å². The molecule has 4 aromatic carbocycles. The van der Waals surface area contributed by atoms with Gasteiger partial charge in [0.15, 0.2) is 0 Å². The third-order valence-electron chi connectivity index (χ3n) is 9.91. The van der Waals surface area contributed by atoms with Crippen molar-refractivity contribution < 1.29 is 4.57 Å². The largest absolute Gasteiger partial charge is 0.398 e. The summed E-state index contributed by atoms with van der Waals surface area (Å²) in [4.78, 5) is 9.95. The molecule has 5 aromatic rings. The van der Waals surface area contributed by atoms with Crippen molar-refractivity contribution >= 4 is 50.5 Å². The second-order valence-corrected chi connectivity index (χ2v) is 14.0. The lowest BCUT2D eigenvalue weighted by Gasteiger charge is -2.15. The average molecular weight is 679 g/mol. The molecular formula is C44H52N7+. The summed E-state index contributed by atoms with van der Waals surface area (Å²) < 4.78 is 2.28. The maximum absolute atomic E-state index is 6.38. The van der Waals surface area contributed by atoms with Crippen molar-refractivity contribution in [3.05, 3.63) is 125 Å². The van der Waals surface area contributed by atoms with E-state index in [-0.39, 0.29) is 0 Å². The highest BCUT2D eigenvalue weighted by Gasteiger charge is 2.22. The van der Waals surface area contributed by atoms with Crippen LogP contribution in [0.5, 0.6) is 0 Å². The van der Waals surface area contributed by atoms with Gasteiger partial charge in [0.25, 0.3) is 0 Å². The number of aryl methyl sites for hydroxylation is 4. The number of hydrogen-bond acceptors (Lipinski definition) is 6. The Morgan fingerprint density at radius 3 is 1.94 bits per heavy atom. The number of nitrogens with two attached hydrogens (primary N) is 2. The lowest BCUT2D eigenvalue weighted by Crippen LogP contribution is -2.33. The van der Waals surface area contributed by atoms with E-state index < -0.39 is 0 Å². The summed E-state index contributed by atoms with van der Waals surface area (Å²) in [6.45, 7) is 16.5. The van der Waals surface area contributed by atoms with Crippen LogP contribution in [0.15, 0.2) is 107 Å². The van der Waals surface area contributed by atoms with Gasteiger partial charge in [-0.05, 0) is 117 Å². The third-order valence-corrected chi connectivity index (χ3v) is 9.91. The minimum absolute atomic E-state index is 0.752. The van der Waals surface area contributed by atoms with Crippen LogP contribution in [-0.2, 0) is 0 Å². The molecule has 1 aromatic heterocycles. The molecule has 262 valence electrons. The predicted octanol–water partition coefficient (Wildman–Crippen LogP) is 9.78. The molecule has 1 aliphatic carbocycles. The van der Waals surface area contributed by atoms with E-state index >= 15 is 0 Å². The number of anilines is 3. The molecule has 0 spiro atoms. The van der Waals surface area contributed by atoms with Gasteiger partial charge in [-0.25, -0.2) is 9.98 Å². The molecule has 0 aliphatic heterocycles. The molecule has 7 heteroatoms. The van der Waals surface area contributed by atoms with Crippen LogP contribution in [0.3, 0.4) is 0 Å². The van der Waals surface area contributed by atoms with Gasteiger partial charge in [-0.3, -0.25) is 0 Å². The smallest absolute Gasteiger partial charge is 0.239 e. The Hall–Kier alpha value is -5.43. The zero-order valence-corrected chi connectivity index (χ0v) is 30.9. The number of allylic oxidation sites excluding steroid dienone is 4. The Balaban J connectivity index is 0.977. The van der Waals surface area contributed by atoms with Gasteiger partial charge >= 0.3 is 0 Å². The van der Waals surface area contributed by atoms with Crippen molar-refractivity contribution in [1.29, 1.82) is 0 Å². The monoisotopic (exact) mass is 678 g/mol. The predicted molar refractivity (Wildman–Crippen MR) is 218 cm³/mol. The highest BCUT2D eigenvalue weighted by Crippen LogP contribution is 2.29. The summed E-state index contributed by atoms with van der Waals surface area (Å²) in [6.07, 6.45) is 11.1. The molecule has 7 nitrogen and oxygen atoms in total. The third kappa shape index (κ3) is 8.15. The molecule has 0 unspecified atom stereocenters. The number of nitrogens with one attached hydrogen (secondary N) is 2. The van der Waals surface area contributed by atoms with Gasteiger partial charge < -0.3 is 22.1 Å². The van der Waals surface area contributed by atoms with Crippen LogP contribution < -0.4 is 26.7 Å². The first-order valence-corrected chi connectivity index (χ1v) is 18.2. The SMILES string of the molecule is C=C1C=C(N)C(C)=C/C1=N/c1cc(C)c(NCCCCCCCCNc2cc3c(cc2C)nc2cc(C)c(N)cc2[n+]3-c2ccccc2)cc1C. The van der Waals surface area contributed by atoms with Crippen molar-refractivity contribution in [1.82, 2.24) is 4.98 Å². The Bertz CT molecular complexity index is 2190. The summed E-state index contributed by atoms with van der Waals surface area (Å²) >= 11 is 0. The zero-order valence-electron chi connectivity index (χ0n) is 30.9. The molecule has 0 saturated heterocycles. The Labute approximate surface area is 302 Å². The second-order valence-electron chi connectivity index (χ2n) is 14.0. The van der Waals surface area contributed by atoms with Crippen LogP contribution in [0.2, 0.25) is 0 Å². The Kier molecular flexibility index (Phi) is 10.8. The minimum Gasteiger partial charge on any atom is -0.398 e. The van der Waals surface area contributed by atoms with E-state index in [0.717, 1.165) is 104 Å². The fourth-order valence-corrected chi connectivity index (χ4v) is 6.73. The molecule has 0 fully saturated rings. The molecule has 0 atom stereocenters. The number of aromatic nitrogens is 2. The number of nitrogen functional groups attached to an aromatic ring is 1. The minimum atomic E-state index is 0.752. The number of benzene rings is 4. The standard InChI is InChI=1S/C44H51N7/c1-28-21-39(30(3)20-35(28)45)49-40-24-31(4)37(23-33(40)6)47-18-14-9-7-8-10-15-19-48-38-27-44-42(25-32(38)5)50-41-22-29(2)36(46)26-43(41)51(44)34-16-12-11-13-17-34/h11-13,16-17,20-27,47H,3,7-10,14-15,18-19,45H2,1-2,4-6H3,(H2,46,48)/p+1/b49-39-. The second kappa shape index (κ2) is 15.6. The molecule has 0 bridgehead atoms. The van der Waals surface area contributed by atoms with E-state index in [1.165, 1.54) is 42.5 Å². The van der Waals surface area contributed by atoms with E-state index in [9.17, 15) is 0 Å². The van der Waals surface area contributed by atoms with Crippen molar-refractivity contribution in [2.45, 2.75) is 73.1 Å². The lowest BCUT2D eigenvalue weighted by atomic mass is 9.99. The molecule has 1 aliphatic rings. The zero-order chi connectivity index (χ0) is 36.1. The fraction of sp³-hybridized carbons (Fsp3) is 0.295. The van der Waals surface area contributed by atoms with Crippen LogP contribution in [0, 0.1) is 27.7 Å². The van der Waals surface area contributed by atoms with Crippen LogP contribution in [0.4, 0.5) is 22.7 Å². The van der Waals surface area contributed by atoms with Gasteiger partial charge in [-0.2, -0.15) is 0 Å². The number of rotatable bonds is 13. The van der Waals surface area contributed by atoms with E-state index in [1.54, 1.807) is 0 Å². The van der Waals surface area contributed by atoms with Crippen molar-refractivity contribution in [2.24, 2.45) is 10.7 Å². The Morgan fingerprint density at radius 2 is 1.25 bits per heavy atom. The number of nitrogens with zero attached hydrogens (tertiary/aromatic N) is 3. The number of unbranched alkanes of at least 4 members (excludes halogenated alkanes) is 5. The number of hydrogen-bond donors (Lipinski definition) is 4. The molecule has 0 saturated carbocycles. The topological polar surface area (TPSA) is 105 Å². The molecule has 51 heavy (non-hydrogen) atoms. The number of aliphatic imine (C=N–C) groups is 1. The number of fused-ring (bicyclic) bond motifs is 2. The van der Waals surface area contributed by atoms with Crippen molar-refractivity contribution in [3.8, 4) is 5.69 Å². The first-order chi connectivity index (χ1) is 24.6. The highest BCUT2D eigenvalue weighted by molar-refractivity contribution is 6.13. The van der Waals surface area contributed by atoms with Crippen LogP contribution >= 0.6 is 0 Å². The summed E-state index contributed by atoms with van der Waals surface area (Å²) in [6, 6.07) is 23.4. The molecule has 6 N–H and O–H groups in total. The summed E-state index contributed by atoms with van der Waals surface area (Å²) in [5.41, 5.74) is 29.7. The van der Waals surface area contributed by atoms with Gasteiger partial charge in [-0.15, -0.1) is 4.57 Å². The van der Waals surface area contributed by atoms with Gasteiger partial charge in [0.1, 0.15) is 11.0 Å². The molecule has 0 amide bonds. The molecule has 0 radical (unpaired) electrons. The van der Waals surface area contributed by atoms with E-state index in [4.69, 9.17) is 21.4 Å². The normalized spacial score (nSPS) is 13.9. The summed E-state index contributed by atoms with van der Waals surface area (Å²) in [7, 11) is 0. The lowest BCUT2D eigenvalue weighted by molar-refractivity contribution is -0.538. The quantitative estimate of drug-likeness (QED) is 0.0430. The maximum atomic E-state index is 6.38. The molecule has 6 rings (SSSR count). The van der Waals surface area contributed by atoms with Crippen LogP contribution in [-0.4, -0.2) is 23.8 Å². The Morgan fingerprint density at radius 1 is 0.667 bits per heavy atom. The van der Waals surface area contributed by atoms with Gasteiger partial charge in [-0.1, -0.05) is 50.5 Å². The number of para-hydroxylation sites is 1. The van der Waals surface area contributed by atoms with E-state index in [2.05, 4.69) is 97.1 Å². The highest BCUT2D eigenvalue weighted by atomic mass is 15.0. The van der Waals surface area contributed by atoms with Gasteiger partial charge in [0.05, 0.1) is 11.4 Å². The first-order valence-electron chi connectivity index (χ1n) is 18.2. The molecular weight excluding hydrogens is 627 g/mol. The molecule has 1 heterocycles. The average Bonchev–Trinajstić information content (AvgIpc) is 3.10. The van der Waals surface area contributed by atoms with Gasteiger partial charge in [0, 0.05) is 60.1 Å². The fourth-order valence-electron chi connectivity index (χ4n) is 6.73. The summed E-state index contributed by atoms with van der Waals surface area (Å²) in [5.74, 6) is 0. The first kappa shape index (κ1) is 35.4. The maximum Gasteiger partial charge on any atom is 0.239 e. The van der Waals surface area contributed by atoms with Crippen LogP contribution in [0.1, 0.15) is 67.7 Å².